The van der Waals surface area contributed by atoms with Crippen molar-refractivity contribution >= 4 is 35.1 Å². The number of carbonyl (C=O) groups is 1. The summed E-state index contributed by atoms with van der Waals surface area (Å²) < 4.78 is 5.24. The van der Waals surface area contributed by atoms with Crippen molar-refractivity contribution in [1.29, 1.82) is 0 Å². The average molecular weight is 328 g/mol. The summed E-state index contributed by atoms with van der Waals surface area (Å²) in [6.07, 6.45) is 3.25. The Hall–Kier alpha value is -2.92. The van der Waals surface area contributed by atoms with Gasteiger partial charge in [0.05, 0.1) is 10.5 Å². The maximum absolute atomic E-state index is 11.9. The molecule has 0 spiro atoms. The zero-order valence-corrected chi connectivity index (χ0v) is 12.5. The Morgan fingerprint density at radius 1 is 1.04 bits per heavy atom. The molecule has 2 aromatic rings. The number of cyclic esters (lactones) is 1. The van der Waals surface area contributed by atoms with Gasteiger partial charge in [-0.2, -0.15) is 0 Å². The Kier molecular flexibility index (Phi) is 3.95. The zero-order valence-electron chi connectivity index (χ0n) is 11.7. The number of hydrogen-bond acceptors (Lipinski definition) is 4. The number of esters is 1. The Bertz CT molecular complexity index is 836. The molecule has 1 aliphatic heterocycles. The van der Waals surface area contributed by atoms with E-state index in [-0.39, 0.29) is 5.69 Å². The molecule has 23 heavy (non-hydrogen) atoms. The van der Waals surface area contributed by atoms with E-state index in [1.807, 2.05) is 0 Å². The van der Waals surface area contributed by atoms with Crippen LogP contribution < -0.4 is 0 Å². The Morgan fingerprint density at radius 2 is 1.70 bits per heavy atom. The molecule has 0 N–H and O–H groups in total. The van der Waals surface area contributed by atoms with E-state index < -0.39 is 10.9 Å². The van der Waals surface area contributed by atoms with Gasteiger partial charge in [0.15, 0.2) is 0 Å². The van der Waals surface area contributed by atoms with E-state index in [0.717, 1.165) is 5.56 Å². The molecule has 0 bridgehead atoms. The second kappa shape index (κ2) is 6.06. The van der Waals surface area contributed by atoms with Gasteiger partial charge in [-0.15, -0.1) is 0 Å². The molecule has 5 nitrogen and oxygen atoms in total. The Balaban J connectivity index is 1.88. The quantitative estimate of drug-likeness (QED) is 0.366. The van der Waals surface area contributed by atoms with Crippen molar-refractivity contribution in [3.8, 4) is 0 Å². The Morgan fingerprint density at radius 3 is 2.30 bits per heavy atom. The first kappa shape index (κ1) is 15.0. The van der Waals surface area contributed by atoms with Gasteiger partial charge in [0.2, 0.25) is 0 Å². The maximum Gasteiger partial charge on any atom is 0.343 e. The molecule has 0 aliphatic carbocycles. The number of ether oxygens (including phenoxy) is 1. The third-order valence-electron chi connectivity index (χ3n) is 3.28. The summed E-state index contributed by atoms with van der Waals surface area (Å²) in [6, 6.07) is 12.9. The number of halogens is 1. The van der Waals surface area contributed by atoms with Crippen molar-refractivity contribution in [2.75, 3.05) is 0 Å². The van der Waals surface area contributed by atoms with Gasteiger partial charge in [-0.1, -0.05) is 11.6 Å². The molecule has 6 heteroatoms. The first-order valence-corrected chi connectivity index (χ1v) is 7.07. The van der Waals surface area contributed by atoms with Crippen LogP contribution in [0.5, 0.6) is 0 Å². The first-order valence-electron chi connectivity index (χ1n) is 6.69. The standard InChI is InChI=1S/C17H10ClNO4/c18-14-5-3-12(4-6-14)16-10-13(17(20)23-16)9-11-1-7-15(8-2-11)19(21)22/h1-10H/b13-9-. The fourth-order valence-corrected chi connectivity index (χ4v) is 2.24. The summed E-state index contributed by atoms with van der Waals surface area (Å²) in [7, 11) is 0. The van der Waals surface area contributed by atoms with Crippen molar-refractivity contribution < 1.29 is 14.5 Å². The number of hydrogen-bond donors (Lipinski definition) is 0. The van der Waals surface area contributed by atoms with Gasteiger partial charge in [0, 0.05) is 22.7 Å². The fourth-order valence-electron chi connectivity index (χ4n) is 2.12. The molecule has 0 amide bonds. The number of carbonyl (C=O) groups excluding carboxylic acids is 1. The summed E-state index contributed by atoms with van der Waals surface area (Å²) in [4.78, 5) is 22.1. The molecule has 0 saturated heterocycles. The highest BCUT2D eigenvalue weighted by Gasteiger charge is 2.21. The lowest BCUT2D eigenvalue weighted by Crippen LogP contribution is -1.97. The van der Waals surface area contributed by atoms with Crippen LogP contribution in [0.2, 0.25) is 5.02 Å². The summed E-state index contributed by atoms with van der Waals surface area (Å²) in [5.41, 5.74) is 1.80. The lowest BCUT2D eigenvalue weighted by atomic mass is 10.1. The van der Waals surface area contributed by atoms with Crippen molar-refractivity contribution in [3.05, 3.63) is 86.4 Å². The maximum atomic E-state index is 11.9. The Labute approximate surface area is 136 Å². The number of nitro benzene ring substituents is 1. The molecule has 0 saturated carbocycles. The van der Waals surface area contributed by atoms with E-state index in [0.29, 0.717) is 21.9 Å². The van der Waals surface area contributed by atoms with Crippen molar-refractivity contribution in [2.24, 2.45) is 0 Å². The van der Waals surface area contributed by atoms with Crippen LogP contribution in [0, 0.1) is 10.1 Å². The van der Waals surface area contributed by atoms with Crippen LogP contribution in [0.25, 0.3) is 11.8 Å². The third kappa shape index (κ3) is 3.30. The number of rotatable bonds is 3. The van der Waals surface area contributed by atoms with Gasteiger partial charge in [-0.05, 0) is 54.1 Å². The van der Waals surface area contributed by atoms with Crippen LogP contribution in [0.15, 0.2) is 60.2 Å². The van der Waals surface area contributed by atoms with E-state index in [1.165, 1.54) is 12.1 Å². The third-order valence-corrected chi connectivity index (χ3v) is 3.53. The molecule has 0 atom stereocenters. The molecule has 0 unspecified atom stereocenters. The first-order chi connectivity index (χ1) is 11.0. The molecule has 0 fully saturated rings. The second-order valence-electron chi connectivity index (χ2n) is 4.85. The highest BCUT2D eigenvalue weighted by Crippen LogP contribution is 2.28. The van der Waals surface area contributed by atoms with Crippen LogP contribution in [0.4, 0.5) is 5.69 Å². The molecule has 0 radical (unpaired) electrons. The van der Waals surface area contributed by atoms with Crippen LogP contribution in [0.3, 0.4) is 0 Å². The molecular formula is C17H10ClNO4. The number of nitrogens with zero attached hydrogens (tertiary/aromatic N) is 1. The smallest absolute Gasteiger partial charge is 0.343 e. The highest BCUT2D eigenvalue weighted by atomic mass is 35.5. The van der Waals surface area contributed by atoms with E-state index in [9.17, 15) is 14.9 Å². The number of benzene rings is 2. The normalized spacial score (nSPS) is 15.4. The van der Waals surface area contributed by atoms with Gasteiger partial charge >= 0.3 is 5.97 Å². The SMILES string of the molecule is O=C1OC(c2ccc(Cl)cc2)=C/C1=C/c1ccc([N+](=O)[O-])cc1. The average Bonchev–Trinajstić information content (AvgIpc) is 2.89. The highest BCUT2D eigenvalue weighted by molar-refractivity contribution is 6.30. The van der Waals surface area contributed by atoms with Gasteiger partial charge < -0.3 is 4.74 Å². The van der Waals surface area contributed by atoms with Gasteiger partial charge in [-0.3, -0.25) is 10.1 Å². The molecule has 1 aliphatic rings. The predicted molar refractivity (Wildman–Crippen MR) is 86.6 cm³/mol. The molecule has 0 aromatic heterocycles. The monoisotopic (exact) mass is 327 g/mol. The topological polar surface area (TPSA) is 69.4 Å². The molecule has 114 valence electrons. The minimum absolute atomic E-state index is 0.00135. The van der Waals surface area contributed by atoms with E-state index >= 15 is 0 Å². The number of non-ortho nitro benzene ring substituents is 1. The van der Waals surface area contributed by atoms with E-state index in [2.05, 4.69) is 0 Å². The van der Waals surface area contributed by atoms with Crippen LogP contribution >= 0.6 is 11.6 Å². The predicted octanol–water partition coefficient (Wildman–Crippen LogP) is 4.23. The largest absolute Gasteiger partial charge is 0.422 e. The van der Waals surface area contributed by atoms with Crippen molar-refractivity contribution in [1.82, 2.24) is 0 Å². The minimum Gasteiger partial charge on any atom is -0.422 e. The van der Waals surface area contributed by atoms with Crippen LogP contribution in [-0.2, 0) is 9.53 Å². The molecule has 3 rings (SSSR count). The lowest BCUT2D eigenvalue weighted by molar-refractivity contribution is -0.384. The van der Waals surface area contributed by atoms with E-state index in [4.69, 9.17) is 16.3 Å². The molecule has 1 heterocycles. The van der Waals surface area contributed by atoms with Gasteiger partial charge in [0.1, 0.15) is 5.76 Å². The summed E-state index contributed by atoms with van der Waals surface area (Å²) in [6.45, 7) is 0. The summed E-state index contributed by atoms with van der Waals surface area (Å²) in [5, 5.41) is 11.2. The number of nitro groups is 1. The summed E-state index contributed by atoms with van der Waals surface area (Å²) in [5.74, 6) is -0.0202. The lowest BCUT2D eigenvalue weighted by Gasteiger charge is -2.01. The fraction of sp³-hybridized carbons (Fsp3) is 0. The van der Waals surface area contributed by atoms with Crippen molar-refractivity contribution in [2.45, 2.75) is 0 Å². The molecule has 2 aromatic carbocycles. The second-order valence-corrected chi connectivity index (χ2v) is 5.29. The van der Waals surface area contributed by atoms with Crippen LogP contribution in [0.1, 0.15) is 11.1 Å². The summed E-state index contributed by atoms with van der Waals surface area (Å²) >= 11 is 5.83. The van der Waals surface area contributed by atoms with Crippen molar-refractivity contribution in [3.63, 3.8) is 0 Å². The van der Waals surface area contributed by atoms with Gasteiger partial charge in [0.25, 0.3) is 5.69 Å². The van der Waals surface area contributed by atoms with Crippen LogP contribution in [-0.4, -0.2) is 10.9 Å². The molecular weight excluding hydrogens is 318 g/mol. The van der Waals surface area contributed by atoms with E-state index in [1.54, 1.807) is 48.6 Å². The zero-order chi connectivity index (χ0) is 16.4. The minimum atomic E-state index is -0.473. The van der Waals surface area contributed by atoms with Gasteiger partial charge in [-0.25, -0.2) is 4.79 Å².